The molecule has 0 unspecified atom stereocenters. The average Bonchev–Trinajstić information content (AvgIpc) is 1.65. The van der Waals surface area contributed by atoms with Crippen LogP contribution in [0.4, 0.5) is 0 Å². The van der Waals surface area contributed by atoms with Crippen LogP contribution in [0.5, 0.6) is 0 Å². The lowest BCUT2D eigenvalue weighted by Gasteiger charge is -2.14. The number of H-pyrrole nitrogens is 2. The van der Waals surface area contributed by atoms with Crippen LogP contribution in [0.1, 0.15) is 0 Å². The van der Waals surface area contributed by atoms with Gasteiger partial charge in [-0.15, -0.1) is 0 Å². The van der Waals surface area contributed by atoms with Crippen molar-refractivity contribution >= 4 is 173 Å². The molecule has 22 aromatic rings. The molecule has 4 heteroatoms. The first-order valence-electron chi connectivity index (χ1n) is 36.1. The van der Waals surface area contributed by atoms with Crippen LogP contribution in [0.3, 0.4) is 0 Å². The molecular formula is C100H54N4. The Kier molecular flexibility index (Phi) is 10.6. The molecule has 25 rings (SSSR count). The first-order chi connectivity index (χ1) is 51.5. The molecule has 4 nitrogen and oxygen atoms in total. The monoisotopic (exact) mass is 1310 g/mol. The highest BCUT2D eigenvalue weighted by Crippen LogP contribution is 2.55. The van der Waals surface area contributed by atoms with Gasteiger partial charge in [-0.25, -0.2) is 9.97 Å². The molecule has 0 saturated carbocycles. The fourth-order valence-electron chi connectivity index (χ4n) is 19.4. The largest absolute Gasteiger partial charge is 0.353 e. The van der Waals surface area contributed by atoms with Crippen LogP contribution in [0.15, 0.2) is 315 Å². The molecule has 8 bridgehead atoms. The summed E-state index contributed by atoms with van der Waals surface area (Å²) in [5.74, 6) is 0. The van der Waals surface area contributed by atoms with Crippen molar-refractivity contribution in [2.75, 3.05) is 0 Å². The third-order valence-corrected chi connectivity index (χ3v) is 23.7. The molecule has 0 fully saturated rings. The second kappa shape index (κ2) is 20.0. The predicted molar refractivity (Wildman–Crippen MR) is 441 cm³/mol. The molecule has 3 aliphatic rings. The molecule has 2 aromatic heterocycles. The quantitative estimate of drug-likeness (QED) is 0.173. The van der Waals surface area contributed by atoms with Gasteiger partial charge < -0.3 is 9.97 Å². The first kappa shape index (κ1) is 55.0. The molecular weight excluding hydrogens is 1260 g/mol. The fraction of sp³-hybridized carbons (Fsp3) is 0. The van der Waals surface area contributed by atoms with Crippen molar-refractivity contribution in [2.24, 2.45) is 0 Å². The summed E-state index contributed by atoms with van der Waals surface area (Å²) in [4.78, 5) is 21.7. The molecule has 0 radical (unpaired) electrons. The van der Waals surface area contributed by atoms with Crippen molar-refractivity contribution in [2.45, 2.75) is 0 Å². The van der Waals surface area contributed by atoms with Gasteiger partial charge in [0, 0.05) is 66.1 Å². The maximum atomic E-state index is 6.40. The van der Waals surface area contributed by atoms with E-state index in [1.54, 1.807) is 0 Å². The maximum absolute atomic E-state index is 6.40. The second-order valence-electron chi connectivity index (χ2n) is 29.1. The minimum atomic E-state index is 0.894. The standard InChI is InChI=1S/C100H54N4/c1-2-22-74-73(21-1)93-89(69-45-61-37-29-53-13-9-14-54-30-38-62(46-69)85(61)81(53)54)95-75-23-3-4-24-76(75)97(102-95)91(71-49-65-41-33-57-17-11-18-58-34-42-66(50-71)87(65)83(57)58)99-79-27-7-8-28-80(79)100(104-99)92(72-51-67-43-35-59-19-12-20-60-36-44-68(52-72)88(67)84(59)60)98-78-26-6-5-25-77(78)96(103-98)90(94(74)101-93)70-47-63-39-31-55-15-10-16-56-32-40-64(48-70)86(63)82(55)56/h1-52,101,104H. The van der Waals surface area contributed by atoms with Crippen LogP contribution in [-0.2, 0) is 0 Å². The van der Waals surface area contributed by atoms with Gasteiger partial charge in [0.2, 0.25) is 0 Å². The van der Waals surface area contributed by atoms with Gasteiger partial charge in [-0.2, -0.15) is 0 Å². The third kappa shape index (κ3) is 7.34. The van der Waals surface area contributed by atoms with Gasteiger partial charge in [0.1, 0.15) is 0 Å². The van der Waals surface area contributed by atoms with Crippen LogP contribution in [0, 0.1) is 0 Å². The summed E-state index contributed by atoms with van der Waals surface area (Å²) in [6, 6.07) is 119. The Bertz CT molecular complexity index is 6800. The predicted octanol–water partition coefficient (Wildman–Crippen LogP) is 27.5. The molecule has 2 aliphatic heterocycles. The molecule has 20 aromatic carbocycles. The molecule has 1 aliphatic carbocycles. The van der Waals surface area contributed by atoms with Crippen LogP contribution in [0.25, 0.3) is 262 Å². The van der Waals surface area contributed by atoms with Gasteiger partial charge in [-0.3, -0.25) is 0 Å². The number of rotatable bonds is 4. The Morgan fingerprint density at radius 3 is 0.538 bits per heavy atom. The number of nitrogens with zero attached hydrogens (tertiary/aromatic N) is 2. The lowest BCUT2D eigenvalue weighted by atomic mass is 9.89. The van der Waals surface area contributed by atoms with E-state index in [-0.39, 0.29) is 0 Å². The van der Waals surface area contributed by atoms with Crippen LogP contribution < -0.4 is 0 Å². The van der Waals surface area contributed by atoms with Gasteiger partial charge in [0.25, 0.3) is 0 Å². The first-order valence-corrected chi connectivity index (χ1v) is 36.1. The lowest BCUT2D eigenvalue weighted by Crippen LogP contribution is -1.90. The van der Waals surface area contributed by atoms with E-state index >= 15 is 0 Å². The Hall–Kier alpha value is -13.8. The third-order valence-electron chi connectivity index (χ3n) is 23.7. The zero-order valence-corrected chi connectivity index (χ0v) is 55.9. The van der Waals surface area contributed by atoms with E-state index in [0.717, 1.165) is 133 Å². The number of benzene rings is 20. The van der Waals surface area contributed by atoms with Gasteiger partial charge in [0.05, 0.1) is 44.8 Å². The minimum Gasteiger partial charge on any atom is -0.353 e. The van der Waals surface area contributed by atoms with Crippen LogP contribution in [-0.4, -0.2) is 19.9 Å². The molecule has 104 heavy (non-hydrogen) atoms. The van der Waals surface area contributed by atoms with E-state index in [0.29, 0.717) is 0 Å². The molecule has 0 saturated heterocycles. The fourth-order valence-corrected chi connectivity index (χ4v) is 19.4. The summed E-state index contributed by atoms with van der Waals surface area (Å²) >= 11 is 0. The number of nitrogens with one attached hydrogen (secondary N) is 2. The summed E-state index contributed by atoms with van der Waals surface area (Å²) in [5, 5.41) is 33.9. The van der Waals surface area contributed by atoms with Crippen LogP contribution >= 0.6 is 0 Å². The van der Waals surface area contributed by atoms with E-state index in [4.69, 9.17) is 9.97 Å². The van der Waals surface area contributed by atoms with Gasteiger partial charge >= 0.3 is 0 Å². The summed E-state index contributed by atoms with van der Waals surface area (Å²) in [6.07, 6.45) is 0. The normalized spacial score (nSPS) is 12.6. The molecule has 2 N–H and O–H groups in total. The van der Waals surface area contributed by atoms with E-state index in [1.165, 1.54) is 129 Å². The molecule has 4 heterocycles. The smallest absolute Gasteiger partial charge is 0.0816 e. The second-order valence-corrected chi connectivity index (χ2v) is 29.1. The van der Waals surface area contributed by atoms with E-state index in [1.807, 2.05) is 0 Å². The minimum absolute atomic E-state index is 0.894. The Morgan fingerprint density at radius 2 is 0.337 bits per heavy atom. The highest BCUT2D eigenvalue weighted by atomic mass is 14.8. The van der Waals surface area contributed by atoms with Crippen LogP contribution in [0.2, 0.25) is 0 Å². The van der Waals surface area contributed by atoms with E-state index in [9.17, 15) is 0 Å². The highest BCUT2D eigenvalue weighted by Gasteiger charge is 2.32. The van der Waals surface area contributed by atoms with Crippen molar-refractivity contribution in [1.29, 1.82) is 0 Å². The number of hydrogen-bond acceptors (Lipinski definition) is 2. The highest BCUT2D eigenvalue weighted by molar-refractivity contribution is 6.31. The van der Waals surface area contributed by atoms with Crippen molar-refractivity contribution in [3.05, 3.63) is 315 Å². The van der Waals surface area contributed by atoms with E-state index in [2.05, 4.69) is 325 Å². The molecule has 0 atom stereocenters. The molecule has 0 amide bonds. The summed E-state index contributed by atoms with van der Waals surface area (Å²) in [7, 11) is 0. The number of aromatic amines is 2. The molecule has 0 spiro atoms. The lowest BCUT2D eigenvalue weighted by molar-refractivity contribution is 1.40. The van der Waals surface area contributed by atoms with Gasteiger partial charge in [-0.05, 0) is 200 Å². The van der Waals surface area contributed by atoms with Gasteiger partial charge in [0.15, 0.2) is 0 Å². The molecule has 474 valence electrons. The zero-order valence-electron chi connectivity index (χ0n) is 55.9. The van der Waals surface area contributed by atoms with Crippen molar-refractivity contribution in [3.8, 4) is 89.5 Å². The zero-order chi connectivity index (χ0) is 67.3. The van der Waals surface area contributed by atoms with Crippen molar-refractivity contribution in [3.63, 3.8) is 0 Å². The number of aromatic nitrogens is 4. The Morgan fingerprint density at radius 1 is 0.163 bits per heavy atom. The van der Waals surface area contributed by atoms with Crippen molar-refractivity contribution in [1.82, 2.24) is 19.9 Å². The number of hydrogen-bond donors (Lipinski definition) is 2. The average molecular weight is 1310 g/mol. The Balaban J connectivity index is 0.932. The van der Waals surface area contributed by atoms with Gasteiger partial charge in [-0.1, -0.05) is 267 Å². The SMILES string of the molecule is c1ccc2c(c1)-c1nc-2c(-c2cc3ccc4cccc5ccc(c2)c3c45)c2[nH]c(c(-c3cc4ccc5cccc6ccc(c3)c4c56)c3nc(c(-c4cc5ccc6cccc7ccc(c4)c5c67)c4[nH]c(c1-c1cc5ccc6cccc7ccc(c1)c5c67)c1ccccc41)-c1ccccc1-3)c1ccccc21. The summed E-state index contributed by atoms with van der Waals surface area (Å²) in [6.45, 7) is 0. The topological polar surface area (TPSA) is 57.4 Å². The Labute approximate surface area is 594 Å². The summed E-state index contributed by atoms with van der Waals surface area (Å²) < 4.78 is 0. The maximum Gasteiger partial charge on any atom is 0.0816 e. The van der Waals surface area contributed by atoms with Crippen molar-refractivity contribution < 1.29 is 0 Å². The summed E-state index contributed by atoms with van der Waals surface area (Å²) in [5.41, 5.74) is 20.1. The van der Waals surface area contributed by atoms with E-state index < -0.39 is 0 Å².